The van der Waals surface area contributed by atoms with E-state index in [4.69, 9.17) is 21.1 Å². The molecular formula is C20H29ClN2O4. The third-order valence-electron chi connectivity index (χ3n) is 4.59. The molecular weight excluding hydrogens is 368 g/mol. The largest absolute Gasteiger partial charge is 0.465 e. The Kier molecular flexibility index (Phi) is 6.98. The molecule has 0 bridgehead atoms. The van der Waals surface area contributed by atoms with Crippen molar-refractivity contribution in [3.05, 3.63) is 28.3 Å². The Hall–Kier alpha value is -1.95. The normalized spacial score (nSPS) is 19.9. The van der Waals surface area contributed by atoms with E-state index in [2.05, 4.69) is 10.6 Å². The second-order valence-corrected chi connectivity index (χ2v) is 8.39. The summed E-state index contributed by atoms with van der Waals surface area (Å²) < 4.78 is 10.1. The molecule has 150 valence electrons. The fourth-order valence-electron chi connectivity index (χ4n) is 3.23. The number of hydrogen-bond acceptors (Lipinski definition) is 5. The van der Waals surface area contributed by atoms with Crippen molar-refractivity contribution in [2.75, 3.05) is 12.4 Å². The molecule has 0 spiro atoms. The van der Waals surface area contributed by atoms with Gasteiger partial charge in [-0.2, -0.15) is 0 Å². The van der Waals surface area contributed by atoms with Crippen molar-refractivity contribution in [1.82, 2.24) is 5.32 Å². The van der Waals surface area contributed by atoms with Crippen LogP contribution in [0.2, 0.25) is 5.02 Å². The van der Waals surface area contributed by atoms with Crippen molar-refractivity contribution in [2.45, 2.75) is 71.1 Å². The highest BCUT2D eigenvalue weighted by Gasteiger charge is 2.25. The highest BCUT2D eigenvalue weighted by atomic mass is 35.5. The Morgan fingerprint density at radius 3 is 2.26 bits per heavy atom. The second kappa shape index (κ2) is 8.83. The predicted molar refractivity (Wildman–Crippen MR) is 107 cm³/mol. The van der Waals surface area contributed by atoms with Gasteiger partial charge in [0, 0.05) is 22.8 Å². The van der Waals surface area contributed by atoms with Gasteiger partial charge in [0.25, 0.3) is 0 Å². The van der Waals surface area contributed by atoms with E-state index in [1.54, 1.807) is 6.07 Å². The molecule has 2 rings (SSSR count). The molecule has 1 aromatic rings. The molecule has 1 aliphatic rings. The van der Waals surface area contributed by atoms with Gasteiger partial charge in [0.15, 0.2) is 0 Å². The van der Waals surface area contributed by atoms with Gasteiger partial charge in [0.05, 0.1) is 12.7 Å². The first-order valence-electron chi connectivity index (χ1n) is 9.23. The zero-order valence-electron chi connectivity index (χ0n) is 16.6. The predicted octanol–water partition coefficient (Wildman–Crippen LogP) is 4.68. The summed E-state index contributed by atoms with van der Waals surface area (Å²) >= 11 is 6.16. The molecule has 0 unspecified atom stereocenters. The summed E-state index contributed by atoms with van der Waals surface area (Å²) in [4.78, 5) is 23.8. The minimum absolute atomic E-state index is 0.115. The summed E-state index contributed by atoms with van der Waals surface area (Å²) in [6.07, 6.45) is 3.16. The summed E-state index contributed by atoms with van der Waals surface area (Å²) in [5, 5.41) is 6.92. The lowest BCUT2D eigenvalue weighted by Crippen LogP contribution is -2.42. The molecule has 1 aromatic carbocycles. The molecule has 0 aromatic heterocycles. The van der Waals surface area contributed by atoms with Gasteiger partial charge in [-0.15, -0.1) is 0 Å². The van der Waals surface area contributed by atoms with Crippen LogP contribution in [-0.2, 0) is 9.47 Å². The highest BCUT2D eigenvalue weighted by Crippen LogP contribution is 2.29. The minimum atomic E-state index is -0.496. The first kappa shape index (κ1) is 21.4. The number of anilines is 1. The Morgan fingerprint density at radius 1 is 1.11 bits per heavy atom. The van der Waals surface area contributed by atoms with E-state index in [9.17, 15) is 9.59 Å². The summed E-state index contributed by atoms with van der Waals surface area (Å²) in [6.45, 7) is 7.43. The average molecular weight is 397 g/mol. The van der Waals surface area contributed by atoms with Crippen LogP contribution in [0.1, 0.15) is 62.4 Å². The van der Waals surface area contributed by atoms with Gasteiger partial charge >= 0.3 is 12.1 Å². The maximum atomic E-state index is 11.9. The number of methoxy groups -OCH3 is 1. The molecule has 6 nitrogen and oxygen atoms in total. The maximum absolute atomic E-state index is 11.9. The van der Waals surface area contributed by atoms with Crippen LogP contribution in [0.4, 0.5) is 10.5 Å². The van der Waals surface area contributed by atoms with Crippen molar-refractivity contribution in [1.29, 1.82) is 0 Å². The molecule has 1 amide bonds. The Labute approximate surface area is 165 Å². The molecule has 2 N–H and O–H groups in total. The first-order valence-corrected chi connectivity index (χ1v) is 9.61. The molecule has 0 atom stereocenters. The standard InChI is InChI=1S/C20H29ClN2O4/c1-12-16(18(24)26-5)10-13(21)11-17(12)22-14-6-8-15(9-7-14)23-19(25)27-20(2,3)4/h10-11,14-15,22H,6-9H2,1-5H3,(H,23,25). The molecule has 0 radical (unpaired) electrons. The molecule has 1 saturated carbocycles. The molecule has 0 heterocycles. The number of alkyl carbamates (subject to hydrolysis) is 1. The number of hydrogen-bond donors (Lipinski definition) is 2. The molecule has 0 aliphatic heterocycles. The summed E-state index contributed by atoms with van der Waals surface area (Å²) in [5.41, 5.74) is 1.63. The number of carbonyl (C=O) groups excluding carboxylic acids is 2. The lowest BCUT2D eigenvalue weighted by Gasteiger charge is -2.31. The molecule has 1 fully saturated rings. The van der Waals surface area contributed by atoms with Gasteiger partial charge in [0.2, 0.25) is 0 Å². The summed E-state index contributed by atoms with van der Waals surface area (Å²) in [6, 6.07) is 3.82. The quantitative estimate of drug-likeness (QED) is 0.722. The van der Waals surface area contributed by atoms with Crippen molar-refractivity contribution in [3.63, 3.8) is 0 Å². The molecule has 7 heteroatoms. The highest BCUT2D eigenvalue weighted by molar-refractivity contribution is 6.31. The van der Waals surface area contributed by atoms with Gasteiger partial charge in [-0.25, -0.2) is 9.59 Å². The number of amides is 1. The van der Waals surface area contributed by atoms with Gasteiger partial charge in [-0.05, 0) is 71.1 Å². The van der Waals surface area contributed by atoms with Gasteiger partial charge in [-0.1, -0.05) is 11.6 Å². The van der Waals surface area contributed by atoms with Gasteiger partial charge in [0.1, 0.15) is 5.60 Å². The smallest absolute Gasteiger partial charge is 0.407 e. The van der Waals surface area contributed by atoms with E-state index in [1.807, 2.05) is 33.8 Å². The SMILES string of the molecule is COC(=O)c1cc(Cl)cc(NC2CCC(NC(=O)OC(C)(C)C)CC2)c1C. The third kappa shape index (κ3) is 6.31. The second-order valence-electron chi connectivity index (χ2n) is 7.96. The number of nitrogens with one attached hydrogen (secondary N) is 2. The van der Waals surface area contributed by atoms with E-state index in [-0.39, 0.29) is 18.2 Å². The van der Waals surface area contributed by atoms with Crippen LogP contribution in [0.25, 0.3) is 0 Å². The number of esters is 1. The number of rotatable bonds is 4. The Morgan fingerprint density at radius 2 is 1.70 bits per heavy atom. The van der Waals surface area contributed by atoms with Crippen LogP contribution in [0.5, 0.6) is 0 Å². The first-order chi connectivity index (χ1) is 12.6. The van der Waals surface area contributed by atoms with Crippen LogP contribution < -0.4 is 10.6 Å². The molecule has 1 aliphatic carbocycles. The van der Waals surface area contributed by atoms with E-state index in [0.717, 1.165) is 36.9 Å². The zero-order valence-corrected chi connectivity index (χ0v) is 17.4. The van der Waals surface area contributed by atoms with Crippen molar-refractivity contribution in [3.8, 4) is 0 Å². The van der Waals surface area contributed by atoms with Gasteiger partial charge in [-0.3, -0.25) is 0 Å². The van der Waals surface area contributed by atoms with Crippen LogP contribution in [0.15, 0.2) is 12.1 Å². The monoisotopic (exact) mass is 396 g/mol. The zero-order chi connectivity index (χ0) is 20.2. The average Bonchev–Trinajstić information content (AvgIpc) is 2.57. The number of benzene rings is 1. The van der Waals surface area contributed by atoms with Crippen LogP contribution in [0, 0.1) is 6.92 Å². The van der Waals surface area contributed by atoms with E-state index >= 15 is 0 Å². The van der Waals surface area contributed by atoms with Crippen LogP contribution in [-0.4, -0.2) is 36.9 Å². The van der Waals surface area contributed by atoms with E-state index in [0.29, 0.717) is 10.6 Å². The van der Waals surface area contributed by atoms with Crippen molar-refractivity contribution >= 4 is 29.4 Å². The summed E-state index contributed by atoms with van der Waals surface area (Å²) in [5.74, 6) is -0.400. The summed E-state index contributed by atoms with van der Waals surface area (Å²) in [7, 11) is 1.36. The lowest BCUT2D eigenvalue weighted by molar-refractivity contribution is 0.0491. The van der Waals surface area contributed by atoms with E-state index < -0.39 is 11.6 Å². The Balaban J connectivity index is 1.93. The van der Waals surface area contributed by atoms with Crippen LogP contribution in [0.3, 0.4) is 0 Å². The topological polar surface area (TPSA) is 76.7 Å². The van der Waals surface area contributed by atoms with E-state index in [1.165, 1.54) is 7.11 Å². The van der Waals surface area contributed by atoms with Crippen LogP contribution >= 0.6 is 11.6 Å². The van der Waals surface area contributed by atoms with Crippen molar-refractivity contribution in [2.24, 2.45) is 0 Å². The lowest BCUT2D eigenvalue weighted by atomic mass is 9.90. The Bertz CT molecular complexity index is 692. The third-order valence-corrected chi connectivity index (χ3v) is 4.80. The molecule has 27 heavy (non-hydrogen) atoms. The number of carbonyl (C=O) groups is 2. The van der Waals surface area contributed by atoms with Gasteiger partial charge < -0.3 is 20.1 Å². The van der Waals surface area contributed by atoms with Crippen molar-refractivity contribution < 1.29 is 19.1 Å². The molecule has 0 saturated heterocycles. The number of halogens is 1. The number of ether oxygens (including phenoxy) is 2. The minimum Gasteiger partial charge on any atom is -0.465 e. The maximum Gasteiger partial charge on any atom is 0.407 e. The fourth-order valence-corrected chi connectivity index (χ4v) is 3.45. The fraction of sp³-hybridized carbons (Fsp3) is 0.600.